The van der Waals surface area contributed by atoms with Crippen molar-refractivity contribution in [1.82, 2.24) is 14.6 Å². The van der Waals surface area contributed by atoms with E-state index >= 15 is 0 Å². The number of rotatable bonds is 2. The Bertz CT molecular complexity index is 798. The molecule has 0 unspecified atom stereocenters. The van der Waals surface area contributed by atoms with E-state index in [2.05, 4.69) is 10.2 Å². The van der Waals surface area contributed by atoms with Gasteiger partial charge < -0.3 is 4.74 Å². The molecule has 0 radical (unpaired) electrons. The summed E-state index contributed by atoms with van der Waals surface area (Å²) in [5.74, 6) is 0.169. The van der Waals surface area contributed by atoms with Crippen molar-refractivity contribution in [3.05, 3.63) is 53.2 Å². The van der Waals surface area contributed by atoms with Gasteiger partial charge in [-0.05, 0) is 24.3 Å². The number of carbonyl (C=O) groups excluding carboxylic acids is 1. The van der Waals surface area contributed by atoms with Crippen molar-refractivity contribution >= 4 is 23.2 Å². The minimum absolute atomic E-state index is 0.411. The first-order valence-corrected chi connectivity index (χ1v) is 6.26. The molecule has 100 valence electrons. The molecule has 0 spiro atoms. The predicted molar refractivity (Wildman–Crippen MR) is 74.8 cm³/mol. The minimum atomic E-state index is -0.411. The molecule has 3 rings (SSSR count). The zero-order valence-electron chi connectivity index (χ0n) is 10.6. The van der Waals surface area contributed by atoms with Crippen LogP contribution in [0.2, 0.25) is 5.02 Å². The first-order chi connectivity index (χ1) is 9.70. The molecule has 0 bridgehead atoms. The second kappa shape index (κ2) is 4.94. The van der Waals surface area contributed by atoms with Crippen LogP contribution in [0.5, 0.6) is 0 Å². The van der Waals surface area contributed by atoms with Crippen LogP contribution in [-0.2, 0) is 4.74 Å². The van der Waals surface area contributed by atoms with E-state index in [0.717, 1.165) is 5.56 Å². The summed E-state index contributed by atoms with van der Waals surface area (Å²) in [6.45, 7) is 0. The van der Waals surface area contributed by atoms with E-state index in [-0.39, 0.29) is 0 Å². The number of carbonyl (C=O) groups is 1. The van der Waals surface area contributed by atoms with Gasteiger partial charge in [0.15, 0.2) is 11.5 Å². The summed E-state index contributed by atoms with van der Waals surface area (Å²) in [4.78, 5) is 11.6. The van der Waals surface area contributed by atoms with Gasteiger partial charge >= 0.3 is 5.97 Å². The number of pyridine rings is 1. The fraction of sp³-hybridized carbons (Fsp3) is 0.0714. The largest absolute Gasteiger partial charge is 0.465 e. The van der Waals surface area contributed by atoms with Gasteiger partial charge in [-0.3, -0.25) is 4.40 Å². The van der Waals surface area contributed by atoms with Crippen LogP contribution >= 0.6 is 11.6 Å². The Labute approximate surface area is 119 Å². The first kappa shape index (κ1) is 12.6. The number of esters is 1. The number of benzene rings is 1. The molecule has 0 atom stereocenters. The fourth-order valence-corrected chi connectivity index (χ4v) is 2.18. The summed E-state index contributed by atoms with van der Waals surface area (Å²) in [5.41, 5.74) is 1.81. The molecular formula is C14H10ClN3O2. The molecule has 0 aliphatic carbocycles. The molecule has 0 N–H and O–H groups in total. The molecule has 0 aliphatic heterocycles. The molecule has 0 saturated heterocycles. The third-order valence-corrected chi connectivity index (χ3v) is 3.27. The zero-order valence-corrected chi connectivity index (χ0v) is 11.3. The molecule has 3 aromatic rings. The number of hydrogen-bond donors (Lipinski definition) is 0. The van der Waals surface area contributed by atoms with Crippen LogP contribution in [-0.4, -0.2) is 27.7 Å². The van der Waals surface area contributed by atoms with Crippen LogP contribution in [0.3, 0.4) is 0 Å². The lowest BCUT2D eigenvalue weighted by Crippen LogP contribution is -2.03. The van der Waals surface area contributed by atoms with Crippen molar-refractivity contribution in [3.8, 4) is 11.4 Å². The number of ether oxygens (including phenoxy) is 1. The molecule has 0 amide bonds. The molecule has 0 aliphatic rings. The van der Waals surface area contributed by atoms with Crippen molar-refractivity contribution < 1.29 is 9.53 Å². The highest BCUT2D eigenvalue weighted by Crippen LogP contribution is 2.26. The molecular weight excluding hydrogens is 278 g/mol. The Hall–Kier alpha value is -2.40. The quantitative estimate of drug-likeness (QED) is 0.680. The van der Waals surface area contributed by atoms with E-state index in [9.17, 15) is 4.79 Å². The normalized spacial score (nSPS) is 10.7. The van der Waals surface area contributed by atoms with Crippen LogP contribution in [0, 0.1) is 0 Å². The zero-order chi connectivity index (χ0) is 14.1. The van der Waals surface area contributed by atoms with Gasteiger partial charge in [-0.15, -0.1) is 10.2 Å². The maximum absolute atomic E-state index is 11.6. The summed E-state index contributed by atoms with van der Waals surface area (Å²) in [7, 11) is 1.34. The van der Waals surface area contributed by atoms with Gasteiger partial charge in [0.1, 0.15) is 0 Å². The SMILES string of the molecule is COC(=O)c1ccc2nnc(-c3ccccc3Cl)n2c1. The number of aromatic nitrogens is 3. The minimum Gasteiger partial charge on any atom is -0.465 e. The molecule has 5 nitrogen and oxygen atoms in total. The third kappa shape index (κ3) is 2.02. The Morgan fingerprint density at radius 2 is 2.00 bits per heavy atom. The first-order valence-electron chi connectivity index (χ1n) is 5.88. The van der Waals surface area contributed by atoms with Crippen LogP contribution in [0.15, 0.2) is 42.6 Å². The average Bonchev–Trinajstić information content (AvgIpc) is 2.90. The van der Waals surface area contributed by atoms with Crippen molar-refractivity contribution in [2.24, 2.45) is 0 Å². The lowest BCUT2D eigenvalue weighted by molar-refractivity contribution is 0.0600. The Balaban J connectivity index is 2.22. The van der Waals surface area contributed by atoms with Crippen LogP contribution < -0.4 is 0 Å². The maximum atomic E-state index is 11.6. The highest BCUT2D eigenvalue weighted by molar-refractivity contribution is 6.33. The summed E-state index contributed by atoms with van der Waals surface area (Å²) in [6.07, 6.45) is 1.64. The highest BCUT2D eigenvalue weighted by atomic mass is 35.5. The second-order valence-electron chi connectivity index (χ2n) is 4.14. The number of halogens is 1. The topological polar surface area (TPSA) is 56.5 Å². The number of nitrogens with zero attached hydrogens (tertiary/aromatic N) is 3. The Morgan fingerprint density at radius 1 is 1.20 bits per heavy atom. The van der Waals surface area contributed by atoms with Crippen molar-refractivity contribution in [2.45, 2.75) is 0 Å². The van der Waals surface area contributed by atoms with Crippen molar-refractivity contribution in [2.75, 3.05) is 7.11 Å². The van der Waals surface area contributed by atoms with E-state index in [0.29, 0.717) is 22.1 Å². The fourth-order valence-electron chi connectivity index (χ4n) is 1.96. The summed E-state index contributed by atoms with van der Waals surface area (Å²) in [5, 5.41) is 8.77. The van der Waals surface area contributed by atoms with E-state index in [1.807, 2.05) is 18.2 Å². The standard InChI is InChI=1S/C14H10ClN3O2/c1-20-14(19)9-6-7-12-16-17-13(18(12)8-9)10-4-2-3-5-11(10)15/h2-8H,1H3. The van der Waals surface area contributed by atoms with E-state index in [1.165, 1.54) is 7.11 Å². The van der Waals surface area contributed by atoms with Gasteiger partial charge in [-0.1, -0.05) is 23.7 Å². The monoisotopic (exact) mass is 287 g/mol. The van der Waals surface area contributed by atoms with Gasteiger partial charge in [0.05, 0.1) is 17.7 Å². The summed E-state index contributed by atoms with van der Waals surface area (Å²) in [6, 6.07) is 10.7. The molecule has 6 heteroatoms. The van der Waals surface area contributed by atoms with Gasteiger partial charge in [0.2, 0.25) is 0 Å². The van der Waals surface area contributed by atoms with Gasteiger partial charge in [0, 0.05) is 11.8 Å². The molecule has 20 heavy (non-hydrogen) atoms. The molecule has 0 saturated carbocycles. The van der Waals surface area contributed by atoms with Gasteiger partial charge in [-0.2, -0.15) is 0 Å². The summed E-state index contributed by atoms with van der Waals surface area (Å²) >= 11 is 6.17. The molecule has 2 aromatic heterocycles. The Kier molecular flexibility index (Phi) is 3.12. The smallest absolute Gasteiger partial charge is 0.339 e. The average molecular weight is 288 g/mol. The van der Waals surface area contributed by atoms with Crippen LogP contribution in [0.1, 0.15) is 10.4 Å². The number of hydrogen-bond acceptors (Lipinski definition) is 4. The molecule has 2 heterocycles. The van der Waals surface area contributed by atoms with Crippen LogP contribution in [0.4, 0.5) is 0 Å². The maximum Gasteiger partial charge on any atom is 0.339 e. The van der Waals surface area contributed by atoms with Gasteiger partial charge in [-0.25, -0.2) is 4.79 Å². The van der Waals surface area contributed by atoms with Crippen molar-refractivity contribution in [3.63, 3.8) is 0 Å². The van der Waals surface area contributed by atoms with Crippen LogP contribution in [0.25, 0.3) is 17.0 Å². The van der Waals surface area contributed by atoms with Gasteiger partial charge in [0.25, 0.3) is 0 Å². The predicted octanol–water partition coefficient (Wildman–Crippen LogP) is 2.84. The van der Waals surface area contributed by atoms with E-state index in [4.69, 9.17) is 16.3 Å². The number of fused-ring (bicyclic) bond motifs is 1. The molecule has 0 fully saturated rings. The lowest BCUT2D eigenvalue weighted by atomic mass is 10.2. The summed E-state index contributed by atoms with van der Waals surface area (Å²) < 4.78 is 6.43. The van der Waals surface area contributed by atoms with E-state index < -0.39 is 5.97 Å². The second-order valence-corrected chi connectivity index (χ2v) is 4.55. The lowest BCUT2D eigenvalue weighted by Gasteiger charge is -2.04. The van der Waals surface area contributed by atoms with E-state index in [1.54, 1.807) is 28.8 Å². The number of methoxy groups -OCH3 is 1. The van der Waals surface area contributed by atoms with Crippen molar-refractivity contribution in [1.29, 1.82) is 0 Å². The third-order valence-electron chi connectivity index (χ3n) is 2.94. The highest BCUT2D eigenvalue weighted by Gasteiger charge is 2.13. The molecule has 1 aromatic carbocycles. The Morgan fingerprint density at radius 3 is 2.75 bits per heavy atom.